The first kappa shape index (κ1) is 19.8. The van der Waals surface area contributed by atoms with E-state index in [0.717, 1.165) is 6.07 Å². The summed E-state index contributed by atoms with van der Waals surface area (Å²) in [5.74, 6) is 0. The highest BCUT2D eigenvalue weighted by atomic mass is 35.5. The maximum Gasteiger partial charge on any atom is 0.271 e. The van der Waals surface area contributed by atoms with Gasteiger partial charge in [-0.1, -0.05) is 0 Å². The smallest absolute Gasteiger partial charge is 0.271 e. The van der Waals surface area contributed by atoms with Crippen molar-refractivity contribution in [1.29, 1.82) is 0 Å². The second kappa shape index (κ2) is 7.54. The summed E-state index contributed by atoms with van der Waals surface area (Å²) >= 11 is 0. The van der Waals surface area contributed by atoms with Gasteiger partial charge in [-0.3, -0.25) is 10.1 Å². The van der Waals surface area contributed by atoms with Crippen LogP contribution in [0.1, 0.15) is 11.1 Å². The third-order valence-corrected chi connectivity index (χ3v) is 5.79. The van der Waals surface area contributed by atoms with E-state index in [4.69, 9.17) is 10.5 Å². The number of nitrogens with zero attached hydrogens (tertiary/aromatic N) is 2. The number of aryl methyl sites for hydroxylation is 1. The van der Waals surface area contributed by atoms with Gasteiger partial charge in [0, 0.05) is 31.8 Å². The fraction of sp³-hybridized carbons (Fsp3) is 0.538. The molecule has 130 valence electrons. The Bertz CT molecular complexity index is 695. The normalized spacial score (nSPS) is 19.2. The molecule has 0 amide bonds. The summed E-state index contributed by atoms with van der Waals surface area (Å²) in [5, 5.41) is 11.0. The maximum atomic E-state index is 12.8. The molecule has 0 bridgehead atoms. The molecule has 1 fully saturated rings. The summed E-state index contributed by atoms with van der Waals surface area (Å²) in [6.45, 7) is 4.14. The summed E-state index contributed by atoms with van der Waals surface area (Å²) in [5.41, 5.74) is 6.38. The Morgan fingerprint density at radius 3 is 2.65 bits per heavy atom. The zero-order valence-electron chi connectivity index (χ0n) is 12.9. The third-order valence-electron chi connectivity index (χ3n) is 3.80. The number of hydrogen-bond acceptors (Lipinski definition) is 6. The van der Waals surface area contributed by atoms with E-state index in [2.05, 4.69) is 0 Å². The van der Waals surface area contributed by atoms with Crippen molar-refractivity contribution in [1.82, 2.24) is 4.31 Å². The van der Waals surface area contributed by atoms with Gasteiger partial charge in [0.2, 0.25) is 10.0 Å². The molecule has 0 aliphatic carbocycles. The Labute approximate surface area is 141 Å². The molecule has 1 atom stereocenters. The van der Waals surface area contributed by atoms with Crippen LogP contribution in [0.3, 0.4) is 0 Å². The molecule has 23 heavy (non-hydrogen) atoms. The van der Waals surface area contributed by atoms with Crippen molar-refractivity contribution in [2.24, 2.45) is 5.73 Å². The van der Waals surface area contributed by atoms with Gasteiger partial charge in [0.25, 0.3) is 5.69 Å². The lowest BCUT2D eigenvalue weighted by Gasteiger charge is -2.31. The Morgan fingerprint density at radius 1 is 1.43 bits per heavy atom. The number of nitro benzene ring substituents is 1. The zero-order valence-corrected chi connectivity index (χ0v) is 14.5. The standard InChI is InChI=1S/C13H19N3O5S.ClH/c1-9-5-11(16(17)18)6-13(10(9)2)22(19,20)15-3-4-21-12(7-14)8-15;/h5-6,12H,3-4,7-8,14H2,1-2H3;1H. The molecule has 1 heterocycles. The Kier molecular flexibility index (Phi) is 6.49. The van der Waals surface area contributed by atoms with Crippen LogP contribution in [-0.2, 0) is 14.8 Å². The van der Waals surface area contributed by atoms with E-state index in [1.165, 1.54) is 10.4 Å². The van der Waals surface area contributed by atoms with Gasteiger partial charge in [0.05, 0.1) is 22.5 Å². The van der Waals surface area contributed by atoms with Crippen molar-refractivity contribution < 1.29 is 18.1 Å². The predicted molar refractivity (Wildman–Crippen MR) is 87.4 cm³/mol. The Morgan fingerprint density at radius 2 is 2.09 bits per heavy atom. The molecule has 1 aliphatic rings. The number of halogens is 1. The van der Waals surface area contributed by atoms with Gasteiger partial charge in [-0.15, -0.1) is 12.4 Å². The molecule has 2 rings (SSSR count). The lowest BCUT2D eigenvalue weighted by Crippen LogP contribution is -2.48. The minimum atomic E-state index is -3.82. The average Bonchev–Trinajstić information content (AvgIpc) is 2.49. The van der Waals surface area contributed by atoms with Crippen molar-refractivity contribution in [2.45, 2.75) is 24.8 Å². The van der Waals surface area contributed by atoms with Gasteiger partial charge >= 0.3 is 0 Å². The molecule has 0 saturated carbocycles. The van der Waals surface area contributed by atoms with Crippen LogP contribution in [-0.4, -0.2) is 50.0 Å². The van der Waals surface area contributed by atoms with Gasteiger partial charge in [-0.25, -0.2) is 8.42 Å². The van der Waals surface area contributed by atoms with Crippen LogP contribution >= 0.6 is 12.4 Å². The SMILES string of the molecule is Cc1cc([N+](=O)[O-])cc(S(=O)(=O)N2CCOC(CN)C2)c1C.Cl. The number of morpholine rings is 1. The molecule has 0 spiro atoms. The fourth-order valence-corrected chi connectivity index (χ4v) is 4.15. The fourth-order valence-electron chi connectivity index (χ4n) is 2.37. The van der Waals surface area contributed by atoms with Gasteiger partial charge < -0.3 is 10.5 Å². The van der Waals surface area contributed by atoms with Gasteiger partial charge in [-0.05, 0) is 25.0 Å². The van der Waals surface area contributed by atoms with Crippen LogP contribution in [0.4, 0.5) is 5.69 Å². The van der Waals surface area contributed by atoms with Crippen LogP contribution in [0.5, 0.6) is 0 Å². The molecular formula is C13H20ClN3O5S. The maximum absolute atomic E-state index is 12.8. The van der Waals surface area contributed by atoms with Gasteiger partial charge in [-0.2, -0.15) is 4.31 Å². The number of nitro groups is 1. The second-order valence-corrected chi connectivity index (χ2v) is 7.14. The molecule has 1 aliphatic heterocycles. The predicted octanol–water partition coefficient (Wildman–Crippen LogP) is 0.982. The minimum Gasteiger partial charge on any atom is -0.374 e. The van der Waals surface area contributed by atoms with Gasteiger partial charge in [0.1, 0.15) is 0 Å². The van der Waals surface area contributed by atoms with E-state index in [-0.39, 0.29) is 55.3 Å². The first-order chi connectivity index (χ1) is 10.3. The number of benzene rings is 1. The largest absolute Gasteiger partial charge is 0.374 e. The molecule has 1 aromatic rings. The lowest BCUT2D eigenvalue weighted by atomic mass is 10.1. The van der Waals surface area contributed by atoms with Crippen molar-refractivity contribution in [2.75, 3.05) is 26.2 Å². The molecule has 2 N–H and O–H groups in total. The lowest BCUT2D eigenvalue weighted by molar-refractivity contribution is -0.385. The van der Waals surface area contributed by atoms with E-state index in [9.17, 15) is 18.5 Å². The van der Waals surface area contributed by atoms with Crippen molar-refractivity contribution in [3.05, 3.63) is 33.4 Å². The highest BCUT2D eigenvalue weighted by Crippen LogP contribution is 2.28. The molecule has 8 nitrogen and oxygen atoms in total. The number of hydrogen-bond donors (Lipinski definition) is 1. The van der Waals surface area contributed by atoms with Crippen LogP contribution in [0.15, 0.2) is 17.0 Å². The number of non-ortho nitro benzene ring substituents is 1. The van der Waals surface area contributed by atoms with E-state index >= 15 is 0 Å². The number of nitrogens with two attached hydrogens (primary N) is 1. The van der Waals surface area contributed by atoms with Crippen molar-refractivity contribution >= 4 is 28.1 Å². The second-order valence-electron chi connectivity index (χ2n) is 5.23. The summed E-state index contributed by atoms with van der Waals surface area (Å²) in [4.78, 5) is 10.4. The molecule has 1 unspecified atom stereocenters. The third kappa shape index (κ3) is 3.99. The summed E-state index contributed by atoms with van der Waals surface area (Å²) in [6, 6.07) is 2.49. The highest BCUT2D eigenvalue weighted by molar-refractivity contribution is 7.89. The Balaban J connectivity index is 0.00000264. The van der Waals surface area contributed by atoms with E-state index in [1.54, 1.807) is 13.8 Å². The Hall–Kier alpha value is -1.26. The first-order valence-electron chi connectivity index (χ1n) is 6.85. The topological polar surface area (TPSA) is 116 Å². The van der Waals surface area contributed by atoms with Crippen LogP contribution in [0.25, 0.3) is 0 Å². The monoisotopic (exact) mass is 365 g/mol. The molecule has 1 aromatic carbocycles. The number of rotatable bonds is 4. The minimum absolute atomic E-state index is 0. The zero-order chi connectivity index (χ0) is 16.5. The van der Waals surface area contributed by atoms with Crippen molar-refractivity contribution in [3.8, 4) is 0 Å². The molecule has 0 radical (unpaired) electrons. The van der Waals surface area contributed by atoms with Crippen LogP contribution in [0, 0.1) is 24.0 Å². The summed E-state index contributed by atoms with van der Waals surface area (Å²) in [6.07, 6.45) is -0.358. The summed E-state index contributed by atoms with van der Waals surface area (Å²) in [7, 11) is -3.82. The summed E-state index contributed by atoms with van der Waals surface area (Å²) < 4.78 is 32.2. The molecular weight excluding hydrogens is 346 g/mol. The number of sulfonamides is 1. The number of ether oxygens (including phenoxy) is 1. The molecule has 10 heteroatoms. The molecule has 1 saturated heterocycles. The van der Waals surface area contributed by atoms with Crippen LogP contribution in [0.2, 0.25) is 0 Å². The first-order valence-corrected chi connectivity index (χ1v) is 8.29. The van der Waals surface area contributed by atoms with Crippen molar-refractivity contribution in [3.63, 3.8) is 0 Å². The molecule has 0 aromatic heterocycles. The quantitative estimate of drug-likeness (QED) is 0.628. The van der Waals surface area contributed by atoms with Crippen LogP contribution < -0.4 is 5.73 Å². The van der Waals surface area contributed by atoms with E-state index in [0.29, 0.717) is 11.1 Å². The average molecular weight is 366 g/mol. The van der Waals surface area contributed by atoms with E-state index in [1.807, 2.05) is 0 Å². The van der Waals surface area contributed by atoms with E-state index < -0.39 is 14.9 Å². The highest BCUT2D eigenvalue weighted by Gasteiger charge is 2.32. The van der Waals surface area contributed by atoms with Gasteiger partial charge in [0.15, 0.2) is 0 Å².